The maximum Gasteiger partial charge on any atom is 0.0174 e. The lowest BCUT2D eigenvalue weighted by molar-refractivity contribution is 0.483. The molecule has 1 aliphatic carbocycles. The van der Waals surface area contributed by atoms with Crippen molar-refractivity contribution in [1.29, 1.82) is 0 Å². The standard InChI is InChI=1S/C10H19Br/c1-2-3-4-6-9-7-5-8-10(9)11/h9-10H,2-8H2,1H3. The molecule has 0 aliphatic heterocycles. The second-order valence-electron chi connectivity index (χ2n) is 3.70. The summed E-state index contributed by atoms with van der Waals surface area (Å²) < 4.78 is 0. The summed E-state index contributed by atoms with van der Waals surface area (Å²) in [5.41, 5.74) is 0. The first-order valence-electron chi connectivity index (χ1n) is 4.98. The maximum atomic E-state index is 3.76. The van der Waals surface area contributed by atoms with E-state index in [9.17, 15) is 0 Å². The summed E-state index contributed by atoms with van der Waals surface area (Å²) in [6.45, 7) is 2.28. The number of unbranched alkanes of at least 4 members (excludes halogenated alkanes) is 2. The van der Waals surface area contributed by atoms with Crippen LogP contribution in [0.5, 0.6) is 0 Å². The molecule has 0 nitrogen and oxygen atoms in total. The lowest BCUT2D eigenvalue weighted by Crippen LogP contribution is -2.05. The smallest absolute Gasteiger partial charge is 0.0174 e. The first kappa shape index (κ1) is 9.57. The van der Waals surface area contributed by atoms with Gasteiger partial charge in [0.1, 0.15) is 0 Å². The van der Waals surface area contributed by atoms with Crippen molar-refractivity contribution < 1.29 is 0 Å². The van der Waals surface area contributed by atoms with E-state index in [0.717, 1.165) is 10.7 Å². The molecule has 1 fully saturated rings. The number of hydrogen-bond acceptors (Lipinski definition) is 0. The van der Waals surface area contributed by atoms with E-state index in [2.05, 4.69) is 22.9 Å². The fourth-order valence-electron chi connectivity index (χ4n) is 1.97. The molecule has 0 aromatic carbocycles. The minimum Gasteiger partial charge on any atom is -0.0888 e. The second-order valence-corrected chi connectivity index (χ2v) is 4.88. The largest absolute Gasteiger partial charge is 0.0888 e. The van der Waals surface area contributed by atoms with Crippen LogP contribution in [-0.4, -0.2) is 4.83 Å². The fourth-order valence-corrected chi connectivity index (χ4v) is 2.83. The van der Waals surface area contributed by atoms with E-state index in [1.54, 1.807) is 0 Å². The molecular formula is C10H19Br. The predicted molar refractivity (Wildman–Crippen MR) is 54.2 cm³/mol. The van der Waals surface area contributed by atoms with Crippen LogP contribution in [0.3, 0.4) is 0 Å². The van der Waals surface area contributed by atoms with Crippen molar-refractivity contribution >= 4 is 15.9 Å². The van der Waals surface area contributed by atoms with Crippen LogP contribution < -0.4 is 0 Å². The Morgan fingerprint density at radius 3 is 2.64 bits per heavy atom. The van der Waals surface area contributed by atoms with Gasteiger partial charge >= 0.3 is 0 Å². The van der Waals surface area contributed by atoms with Crippen LogP contribution in [0.25, 0.3) is 0 Å². The van der Waals surface area contributed by atoms with Crippen molar-refractivity contribution in [2.24, 2.45) is 5.92 Å². The Bertz CT molecular complexity index is 101. The Morgan fingerprint density at radius 2 is 2.09 bits per heavy atom. The molecule has 0 aromatic rings. The molecule has 11 heavy (non-hydrogen) atoms. The second kappa shape index (κ2) is 5.18. The lowest BCUT2D eigenvalue weighted by atomic mass is 10.0. The van der Waals surface area contributed by atoms with Crippen molar-refractivity contribution in [3.63, 3.8) is 0 Å². The zero-order chi connectivity index (χ0) is 8.10. The van der Waals surface area contributed by atoms with Gasteiger partial charge in [0.05, 0.1) is 0 Å². The molecule has 0 saturated heterocycles. The highest BCUT2D eigenvalue weighted by molar-refractivity contribution is 9.09. The van der Waals surface area contributed by atoms with Crippen LogP contribution in [0.15, 0.2) is 0 Å². The highest BCUT2D eigenvalue weighted by atomic mass is 79.9. The SMILES string of the molecule is CCCCCC1CCCC1Br. The average Bonchev–Trinajstić information content (AvgIpc) is 2.37. The van der Waals surface area contributed by atoms with Crippen molar-refractivity contribution in [2.45, 2.75) is 56.7 Å². The summed E-state index contributed by atoms with van der Waals surface area (Å²) in [5.74, 6) is 1.00. The Morgan fingerprint density at radius 1 is 1.27 bits per heavy atom. The third-order valence-electron chi connectivity index (χ3n) is 2.74. The summed E-state index contributed by atoms with van der Waals surface area (Å²) in [6, 6.07) is 0. The van der Waals surface area contributed by atoms with Gasteiger partial charge in [-0.2, -0.15) is 0 Å². The van der Waals surface area contributed by atoms with Gasteiger partial charge in [0.25, 0.3) is 0 Å². The van der Waals surface area contributed by atoms with E-state index in [0.29, 0.717) is 0 Å². The molecule has 1 heteroatoms. The van der Waals surface area contributed by atoms with Crippen molar-refractivity contribution in [3.05, 3.63) is 0 Å². The zero-order valence-corrected chi connectivity index (χ0v) is 9.07. The molecule has 66 valence electrons. The lowest BCUT2D eigenvalue weighted by Gasteiger charge is -2.12. The number of alkyl halides is 1. The molecule has 1 aliphatic rings. The van der Waals surface area contributed by atoms with E-state index in [-0.39, 0.29) is 0 Å². The summed E-state index contributed by atoms with van der Waals surface area (Å²) in [5, 5.41) is 0. The molecule has 0 N–H and O–H groups in total. The highest BCUT2D eigenvalue weighted by Gasteiger charge is 2.23. The molecule has 2 atom stereocenters. The fraction of sp³-hybridized carbons (Fsp3) is 1.00. The van der Waals surface area contributed by atoms with Gasteiger partial charge in [-0.05, 0) is 25.2 Å². The highest BCUT2D eigenvalue weighted by Crippen LogP contribution is 2.34. The minimum absolute atomic E-state index is 0.847. The summed E-state index contributed by atoms with van der Waals surface area (Å²) in [7, 11) is 0. The van der Waals surface area contributed by atoms with Gasteiger partial charge in [0.2, 0.25) is 0 Å². The molecule has 1 rings (SSSR count). The summed E-state index contributed by atoms with van der Waals surface area (Å²) in [4.78, 5) is 0.847. The number of hydrogen-bond donors (Lipinski definition) is 0. The monoisotopic (exact) mass is 218 g/mol. The Labute approximate surface area is 78.9 Å². The predicted octanol–water partition coefficient (Wildman–Crippen LogP) is 4.13. The first-order chi connectivity index (χ1) is 5.34. The van der Waals surface area contributed by atoms with Crippen LogP contribution in [0.4, 0.5) is 0 Å². The maximum absolute atomic E-state index is 3.76. The zero-order valence-electron chi connectivity index (χ0n) is 7.48. The van der Waals surface area contributed by atoms with Gasteiger partial charge in [-0.15, -0.1) is 0 Å². The molecule has 0 heterocycles. The quantitative estimate of drug-likeness (QED) is 0.492. The number of rotatable bonds is 4. The van der Waals surface area contributed by atoms with Gasteiger partial charge in [-0.25, -0.2) is 0 Å². The van der Waals surface area contributed by atoms with E-state index < -0.39 is 0 Å². The molecule has 0 amide bonds. The van der Waals surface area contributed by atoms with Crippen molar-refractivity contribution in [2.75, 3.05) is 0 Å². The van der Waals surface area contributed by atoms with E-state index in [1.807, 2.05) is 0 Å². The Kier molecular flexibility index (Phi) is 4.51. The van der Waals surface area contributed by atoms with E-state index in [4.69, 9.17) is 0 Å². The average molecular weight is 219 g/mol. The number of halogens is 1. The van der Waals surface area contributed by atoms with E-state index >= 15 is 0 Å². The first-order valence-corrected chi connectivity index (χ1v) is 5.90. The molecule has 0 spiro atoms. The van der Waals surface area contributed by atoms with Crippen LogP contribution in [0.2, 0.25) is 0 Å². The molecule has 0 aromatic heterocycles. The van der Waals surface area contributed by atoms with Crippen LogP contribution in [0.1, 0.15) is 51.9 Å². The molecule has 2 unspecified atom stereocenters. The Balaban J connectivity index is 2.05. The van der Waals surface area contributed by atoms with Gasteiger partial charge in [-0.1, -0.05) is 48.5 Å². The summed E-state index contributed by atoms with van der Waals surface area (Å²) >= 11 is 3.76. The van der Waals surface area contributed by atoms with Crippen molar-refractivity contribution in [1.82, 2.24) is 0 Å². The van der Waals surface area contributed by atoms with Crippen molar-refractivity contribution in [3.8, 4) is 0 Å². The minimum atomic E-state index is 0.847. The van der Waals surface area contributed by atoms with Crippen LogP contribution >= 0.6 is 15.9 Å². The van der Waals surface area contributed by atoms with Crippen LogP contribution in [0, 0.1) is 5.92 Å². The molecule has 1 saturated carbocycles. The van der Waals surface area contributed by atoms with E-state index in [1.165, 1.54) is 44.9 Å². The Hall–Kier alpha value is 0.480. The molecule has 0 radical (unpaired) electrons. The van der Waals surface area contributed by atoms with Gasteiger partial charge < -0.3 is 0 Å². The van der Waals surface area contributed by atoms with Crippen LogP contribution in [-0.2, 0) is 0 Å². The molecule has 0 bridgehead atoms. The summed E-state index contributed by atoms with van der Waals surface area (Å²) in [6.07, 6.45) is 10.0. The third kappa shape index (κ3) is 3.14. The molecular weight excluding hydrogens is 200 g/mol. The normalized spacial score (nSPS) is 31.1. The van der Waals surface area contributed by atoms with Gasteiger partial charge in [-0.3, -0.25) is 0 Å². The van der Waals surface area contributed by atoms with Gasteiger partial charge in [0.15, 0.2) is 0 Å². The van der Waals surface area contributed by atoms with Gasteiger partial charge in [0, 0.05) is 4.83 Å². The topological polar surface area (TPSA) is 0 Å². The third-order valence-corrected chi connectivity index (χ3v) is 3.95.